The molecule has 2 aromatic rings. The Morgan fingerprint density at radius 2 is 1.93 bits per heavy atom. The summed E-state index contributed by atoms with van der Waals surface area (Å²) in [5.41, 5.74) is 7.55. The lowest BCUT2D eigenvalue weighted by molar-refractivity contribution is -0.122. The van der Waals surface area contributed by atoms with Crippen LogP contribution in [0.3, 0.4) is 0 Å². The molecule has 0 bridgehead atoms. The van der Waals surface area contributed by atoms with E-state index in [0.29, 0.717) is 49.2 Å². The molecule has 7 nitrogen and oxygen atoms in total. The van der Waals surface area contributed by atoms with Crippen molar-refractivity contribution in [3.8, 4) is 6.07 Å². The van der Waals surface area contributed by atoms with Crippen LogP contribution in [0.15, 0.2) is 48.5 Å². The Bertz CT molecular complexity index is 975. The summed E-state index contributed by atoms with van der Waals surface area (Å²) in [6, 6.07) is 16.3. The van der Waals surface area contributed by atoms with Crippen LogP contribution >= 0.6 is 0 Å². The van der Waals surface area contributed by atoms with Gasteiger partial charge in [0.2, 0.25) is 5.91 Å². The highest BCUT2D eigenvalue weighted by molar-refractivity contribution is 5.95. The van der Waals surface area contributed by atoms with E-state index in [0.717, 1.165) is 5.69 Å². The predicted molar refractivity (Wildman–Crippen MR) is 109 cm³/mol. The lowest BCUT2D eigenvalue weighted by atomic mass is 9.78. The van der Waals surface area contributed by atoms with E-state index in [1.54, 1.807) is 23.1 Å². The van der Waals surface area contributed by atoms with Crippen molar-refractivity contribution < 1.29 is 14.3 Å². The highest BCUT2D eigenvalue weighted by Gasteiger charge is 2.48. The summed E-state index contributed by atoms with van der Waals surface area (Å²) >= 11 is 0. The minimum Gasteiger partial charge on any atom is -0.441 e. The number of para-hydroxylation sites is 1. The molecule has 0 atom stereocenters. The third-order valence-corrected chi connectivity index (χ3v) is 5.74. The van der Waals surface area contributed by atoms with Gasteiger partial charge >= 0.3 is 6.09 Å². The number of ether oxygens (including phenoxy) is 1. The summed E-state index contributed by atoms with van der Waals surface area (Å²) in [5, 5.41) is 11.8. The fourth-order valence-electron chi connectivity index (χ4n) is 4.08. The quantitative estimate of drug-likeness (QED) is 0.778. The summed E-state index contributed by atoms with van der Waals surface area (Å²) in [4.78, 5) is 26.7. The SMILES string of the molecule is N#Cc1ccc(NC(=O)[C@H]2CC[C@]3(CC2)CN(c2ccccc2)C(=O)O3)c(N)c1. The molecule has 1 aliphatic heterocycles. The van der Waals surface area contributed by atoms with Gasteiger partial charge in [0.25, 0.3) is 0 Å². The fourth-order valence-corrected chi connectivity index (χ4v) is 4.08. The number of amides is 2. The van der Waals surface area contributed by atoms with Gasteiger partial charge in [0.1, 0.15) is 5.60 Å². The Kier molecular flexibility index (Phi) is 4.85. The van der Waals surface area contributed by atoms with Crippen molar-refractivity contribution >= 4 is 29.1 Å². The van der Waals surface area contributed by atoms with Crippen molar-refractivity contribution in [2.24, 2.45) is 5.92 Å². The van der Waals surface area contributed by atoms with E-state index in [1.165, 1.54) is 0 Å². The molecule has 1 aliphatic carbocycles. The zero-order valence-electron chi connectivity index (χ0n) is 15.9. The number of nitrogen functional groups attached to an aromatic ring is 1. The third-order valence-electron chi connectivity index (χ3n) is 5.74. The molecule has 2 amide bonds. The van der Waals surface area contributed by atoms with Gasteiger partial charge in [0.15, 0.2) is 0 Å². The Labute approximate surface area is 169 Å². The number of benzene rings is 2. The normalized spacial score (nSPS) is 23.5. The molecule has 148 valence electrons. The van der Waals surface area contributed by atoms with E-state index < -0.39 is 5.60 Å². The molecule has 2 aromatic carbocycles. The molecule has 2 fully saturated rings. The third kappa shape index (κ3) is 3.74. The summed E-state index contributed by atoms with van der Waals surface area (Å²) < 4.78 is 5.75. The average Bonchev–Trinajstić information content (AvgIpc) is 3.06. The summed E-state index contributed by atoms with van der Waals surface area (Å²) in [6.07, 6.45) is 2.23. The Hall–Kier alpha value is -3.53. The smallest absolute Gasteiger partial charge is 0.415 e. The second-order valence-electron chi connectivity index (χ2n) is 7.65. The monoisotopic (exact) mass is 390 g/mol. The first-order valence-corrected chi connectivity index (χ1v) is 9.66. The molecule has 1 saturated carbocycles. The highest BCUT2D eigenvalue weighted by atomic mass is 16.6. The van der Waals surface area contributed by atoms with Crippen molar-refractivity contribution in [3.05, 3.63) is 54.1 Å². The molecule has 3 N–H and O–H groups in total. The van der Waals surface area contributed by atoms with Crippen LogP contribution in [-0.4, -0.2) is 24.1 Å². The first-order valence-electron chi connectivity index (χ1n) is 9.66. The maximum absolute atomic E-state index is 12.7. The molecule has 0 unspecified atom stereocenters. The minimum absolute atomic E-state index is 0.0968. The van der Waals surface area contributed by atoms with Gasteiger partial charge in [-0.1, -0.05) is 18.2 Å². The van der Waals surface area contributed by atoms with Crippen molar-refractivity contribution in [2.45, 2.75) is 31.3 Å². The van der Waals surface area contributed by atoms with Crippen LogP contribution < -0.4 is 16.0 Å². The molecular formula is C22H22N4O3. The van der Waals surface area contributed by atoms with Gasteiger partial charge in [-0.2, -0.15) is 5.26 Å². The second-order valence-corrected chi connectivity index (χ2v) is 7.65. The Morgan fingerprint density at radius 3 is 2.59 bits per heavy atom. The Morgan fingerprint density at radius 1 is 1.21 bits per heavy atom. The standard InChI is InChI=1S/C22H22N4O3/c23-13-15-6-7-19(18(24)12-15)25-20(27)16-8-10-22(11-9-16)14-26(21(28)29-22)17-4-2-1-3-5-17/h1-7,12,16H,8-11,14,24H2,(H,25,27)/t16-,22-. The van der Waals surface area contributed by atoms with Crippen LogP contribution in [0.4, 0.5) is 21.9 Å². The average molecular weight is 390 g/mol. The highest BCUT2D eigenvalue weighted by Crippen LogP contribution is 2.41. The maximum atomic E-state index is 12.7. The number of carbonyl (C=O) groups excluding carboxylic acids is 2. The fraction of sp³-hybridized carbons (Fsp3) is 0.318. The van der Waals surface area contributed by atoms with E-state index in [-0.39, 0.29) is 17.9 Å². The van der Waals surface area contributed by atoms with Crippen molar-refractivity contribution in [1.82, 2.24) is 0 Å². The van der Waals surface area contributed by atoms with Crippen molar-refractivity contribution in [1.29, 1.82) is 5.26 Å². The molecule has 29 heavy (non-hydrogen) atoms. The largest absolute Gasteiger partial charge is 0.441 e. The Balaban J connectivity index is 1.38. The number of hydrogen-bond donors (Lipinski definition) is 2. The first-order chi connectivity index (χ1) is 14.0. The number of nitrogens with two attached hydrogens (primary N) is 1. The summed E-state index contributed by atoms with van der Waals surface area (Å²) in [6.45, 7) is 0.507. The number of rotatable bonds is 3. The first kappa shape index (κ1) is 18.8. The second kappa shape index (κ2) is 7.47. The van der Waals surface area contributed by atoms with Crippen LogP contribution in [0.5, 0.6) is 0 Å². The topological polar surface area (TPSA) is 108 Å². The van der Waals surface area contributed by atoms with Gasteiger partial charge in [0.05, 0.1) is 29.6 Å². The number of nitrogens with zero attached hydrogens (tertiary/aromatic N) is 2. The van der Waals surface area contributed by atoms with E-state index in [4.69, 9.17) is 15.7 Å². The molecule has 4 rings (SSSR count). The minimum atomic E-state index is -0.531. The van der Waals surface area contributed by atoms with Crippen LogP contribution in [-0.2, 0) is 9.53 Å². The maximum Gasteiger partial charge on any atom is 0.415 e. The van der Waals surface area contributed by atoms with Gasteiger partial charge in [0, 0.05) is 11.6 Å². The van der Waals surface area contributed by atoms with E-state index in [9.17, 15) is 9.59 Å². The lowest BCUT2D eigenvalue weighted by Gasteiger charge is -2.34. The molecule has 7 heteroatoms. The summed E-state index contributed by atoms with van der Waals surface area (Å²) in [7, 11) is 0. The zero-order valence-corrected chi connectivity index (χ0v) is 15.9. The number of hydrogen-bond acceptors (Lipinski definition) is 5. The lowest BCUT2D eigenvalue weighted by Crippen LogP contribution is -2.41. The number of anilines is 3. The van der Waals surface area contributed by atoms with Gasteiger partial charge < -0.3 is 15.8 Å². The van der Waals surface area contributed by atoms with Crippen LogP contribution in [0.25, 0.3) is 0 Å². The van der Waals surface area contributed by atoms with Gasteiger partial charge in [-0.25, -0.2) is 4.79 Å². The molecule has 1 spiro atoms. The number of nitriles is 1. The van der Waals surface area contributed by atoms with Crippen LogP contribution in [0.2, 0.25) is 0 Å². The molecule has 1 saturated heterocycles. The van der Waals surface area contributed by atoms with E-state index in [2.05, 4.69) is 5.32 Å². The van der Waals surface area contributed by atoms with E-state index in [1.807, 2.05) is 36.4 Å². The van der Waals surface area contributed by atoms with Crippen molar-refractivity contribution in [2.75, 3.05) is 22.5 Å². The van der Waals surface area contributed by atoms with Crippen LogP contribution in [0.1, 0.15) is 31.2 Å². The molecule has 0 aromatic heterocycles. The van der Waals surface area contributed by atoms with Crippen LogP contribution in [0, 0.1) is 17.2 Å². The predicted octanol–water partition coefficient (Wildman–Crippen LogP) is 3.66. The summed E-state index contributed by atoms with van der Waals surface area (Å²) in [5.74, 6) is -0.263. The zero-order chi connectivity index (χ0) is 20.4. The van der Waals surface area contributed by atoms with Gasteiger partial charge in [-0.15, -0.1) is 0 Å². The molecule has 0 radical (unpaired) electrons. The molecular weight excluding hydrogens is 368 g/mol. The number of carbonyl (C=O) groups is 2. The van der Waals surface area contributed by atoms with Gasteiger partial charge in [-0.3, -0.25) is 9.69 Å². The molecule has 2 aliphatic rings. The molecule has 1 heterocycles. The van der Waals surface area contributed by atoms with Gasteiger partial charge in [-0.05, 0) is 56.0 Å². The van der Waals surface area contributed by atoms with Crippen molar-refractivity contribution in [3.63, 3.8) is 0 Å². The number of nitrogens with one attached hydrogen (secondary N) is 1. The van der Waals surface area contributed by atoms with E-state index >= 15 is 0 Å².